The number of aromatic nitrogens is 2. The van der Waals surface area contributed by atoms with Crippen LogP contribution in [0.15, 0.2) is 52.9 Å². The number of benzene rings is 2. The molecule has 1 N–H and O–H groups in total. The molecule has 4 aromatic rings. The Morgan fingerprint density at radius 3 is 2.56 bits per heavy atom. The van der Waals surface area contributed by atoms with Crippen molar-refractivity contribution in [2.45, 2.75) is 6.92 Å². The molecule has 0 saturated heterocycles. The molecule has 2 aromatic carbocycles. The second-order valence-corrected chi connectivity index (χ2v) is 6.53. The van der Waals surface area contributed by atoms with E-state index in [0.29, 0.717) is 21.5 Å². The number of nitrogens with zero attached hydrogens (tertiary/aromatic N) is 2. The molecule has 6 nitrogen and oxygen atoms in total. The Bertz CT molecular complexity index is 1160. The van der Waals surface area contributed by atoms with Gasteiger partial charge in [0.15, 0.2) is 5.76 Å². The summed E-state index contributed by atoms with van der Waals surface area (Å²) in [6, 6.07) is 12.1. The van der Waals surface area contributed by atoms with Crippen molar-refractivity contribution in [3.05, 3.63) is 76.2 Å². The number of nitrogens with one attached hydrogen (secondary N) is 1. The van der Waals surface area contributed by atoms with E-state index in [-0.39, 0.29) is 17.0 Å². The van der Waals surface area contributed by atoms with E-state index in [1.165, 1.54) is 24.3 Å². The molecule has 0 bridgehead atoms. The minimum atomic E-state index is -0.458. The van der Waals surface area contributed by atoms with Crippen LogP contribution in [0.25, 0.3) is 11.0 Å². The molecule has 0 unspecified atom stereocenters. The Morgan fingerprint density at radius 1 is 1.11 bits per heavy atom. The fourth-order valence-corrected chi connectivity index (χ4v) is 3.22. The second kappa shape index (κ2) is 6.73. The minimum absolute atomic E-state index is 0.0220. The van der Waals surface area contributed by atoms with Crippen LogP contribution in [-0.4, -0.2) is 21.3 Å². The van der Waals surface area contributed by atoms with E-state index in [2.05, 4.69) is 14.9 Å². The molecule has 4 rings (SSSR count). The van der Waals surface area contributed by atoms with Gasteiger partial charge < -0.3 is 9.73 Å². The predicted molar refractivity (Wildman–Crippen MR) is 98.6 cm³/mol. The van der Waals surface area contributed by atoms with Crippen LogP contribution in [-0.2, 0) is 0 Å². The number of hydrogen-bond acceptors (Lipinski definition) is 6. The number of fused-ring (bicyclic) bond motifs is 1. The number of carbonyl (C=O) groups excluding carboxylic acids is 2. The lowest BCUT2D eigenvalue weighted by molar-refractivity contribution is 0.101. The van der Waals surface area contributed by atoms with Gasteiger partial charge in [-0.3, -0.25) is 9.59 Å². The lowest BCUT2D eigenvalue weighted by Gasteiger charge is -2.05. The number of rotatable bonds is 4. The lowest BCUT2D eigenvalue weighted by atomic mass is 10.1. The van der Waals surface area contributed by atoms with Crippen molar-refractivity contribution in [2.75, 3.05) is 5.32 Å². The van der Waals surface area contributed by atoms with Crippen LogP contribution in [0, 0.1) is 12.7 Å². The van der Waals surface area contributed by atoms with E-state index < -0.39 is 17.5 Å². The number of para-hydroxylation sites is 1. The molecule has 0 aliphatic rings. The first-order valence-electron chi connectivity index (χ1n) is 7.96. The fraction of sp³-hybridized carbons (Fsp3) is 0.0526. The first-order valence-corrected chi connectivity index (χ1v) is 8.74. The third-order valence-electron chi connectivity index (χ3n) is 4.00. The van der Waals surface area contributed by atoms with Crippen LogP contribution in [0.5, 0.6) is 0 Å². The van der Waals surface area contributed by atoms with E-state index in [4.69, 9.17) is 4.42 Å². The van der Waals surface area contributed by atoms with Gasteiger partial charge in [-0.2, -0.15) is 0 Å². The highest BCUT2D eigenvalue weighted by molar-refractivity contribution is 7.08. The molecule has 27 heavy (non-hydrogen) atoms. The van der Waals surface area contributed by atoms with Crippen LogP contribution < -0.4 is 5.32 Å². The summed E-state index contributed by atoms with van der Waals surface area (Å²) < 4.78 is 22.6. The van der Waals surface area contributed by atoms with E-state index in [9.17, 15) is 14.0 Å². The summed E-state index contributed by atoms with van der Waals surface area (Å²) in [7, 11) is 0. The number of halogens is 1. The molecule has 0 fully saturated rings. The minimum Gasteiger partial charge on any atom is -0.450 e. The molecule has 0 saturated carbocycles. The Kier molecular flexibility index (Phi) is 4.25. The average Bonchev–Trinajstić information content (AvgIpc) is 3.26. The molecule has 0 aliphatic heterocycles. The number of anilines is 1. The maximum atomic E-state index is 13.2. The normalized spacial score (nSPS) is 10.9. The van der Waals surface area contributed by atoms with Crippen molar-refractivity contribution < 1.29 is 18.4 Å². The van der Waals surface area contributed by atoms with Gasteiger partial charge in [0.05, 0.1) is 11.4 Å². The number of carbonyl (C=O) groups is 2. The molecule has 0 aliphatic carbocycles. The Morgan fingerprint density at radius 2 is 1.85 bits per heavy atom. The zero-order valence-electron chi connectivity index (χ0n) is 14.0. The SMILES string of the molecule is Cc1nnsc1C(=O)Nc1c(C(=O)c2ccc(F)cc2)oc2ccccc12. The third-order valence-corrected chi connectivity index (χ3v) is 4.83. The van der Waals surface area contributed by atoms with Gasteiger partial charge in [-0.15, -0.1) is 5.10 Å². The number of amides is 1. The summed E-state index contributed by atoms with van der Waals surface area (Å²) in [6.07, 6.45) is 0. The van der Waals surface area contributed by atoms with Gasteiger partial charge in [0.1, 0.15) is 16.3 Å². The van der Waals surface area contributed by atoms with Crippen LogP contribution in [0.4, 0.5) is 10.1 Å². The monoisotopic (exact) mass is 381 g/mol. The van der Waals surface area contributed by atoms with E-state index in [1.807, 2.05) is 0 Å². The van der Waals surface area contributed by atoms with Crippen molar-refractivity contribution in [3.8, 4) is 0 Å². The van der Waals surface area contributed by atoms with Gasteiger partial charge in [0.2, 0.25) is 5.78 Å². The lowest BCUT2D eigenvalue weighted by Crippen LogP contribution is -2.14. The van der Waals surface area contributed by atoms with Crippen molar-refractivity contribution in [3.63, 3.8) is 0 Å². The smallest absolute Gasteiger partial charge is 0.269 e. The molecule has 134 valence electrons. The van der Waals surface area contributed by atoms with Crippen LogP contribution in [0.2, 0.25) is 0 Å². The molecular weight excluding hydrogens is 369 g/mol. The summed E-state index contributed by atoms with van der Waals surface area (Å²) in [5.41, 5.74) is 1.47. The topological polar surface area (TPSA) is 85.1 Å². The highest BCUT2D eigenvalue weighted by atomic mass is 32.1. The quantitative estimate of drug-likeness (QED) is 0.535. The van der Waals surface area contributed by atoms with Gasteiger partial charge in [0, 0.05) is 10.9 Å². The number of ketones is 1. The maximum Gasteiger partial charge on any atom is 0.269 e. The van der Waals surface area contributed by atoms with Crippen molar-refractivity contribution in [1.29, 1.82) is 0 Å². The molecule has 2 aromatic heterocycles. The molecule has 0 spiro atoms. The zero-order chi connectivity index (χ0) is 19.0. The first kappa shape index (κ1) is 17.0. The predicted octanol–water partition coefficient (Wildman–Crippen LogP) is 4.22. The summed E-state index contributed by atoms with van der Waals surface area (Å²) in [5.74, 6) is -1.35. The van der Waals surface area contributed by atoms with Gasteiger partial charge in [0.25, 0.3) is 5.91 Å². The van der Waals surface area contributed by atoms with E-state index in [0.717, 1.165) is 11.5 Å². The highest BCUT2D eigenvalue weighted by Crippen LogP contribution is 2.33. The first-order chi connectivity index (χ1) is 13.0. The van der Waals surface area contributed by atoms with Gasteiger partial charge in [-0.05, 0) is 54.9 Å². The largest absolute Gasteiger partial charge is 0.450 e. The second-order valence-electron chi connectivity index (χ2n) is 5.78. The van der Waals surface area contributed by atoms with E-state index >= 15 is 0 Å². The Labute approximate surface area is 156 Å². The molecule has 1 amide bonds. The summed E-state index contributed by atoms with van der Waals surface area (Å²) in [5, 5.41) is 7.16. The number of aryl methyl sites for hydroxylation is 1. The summed E-state index contributed by atoms with van der Waals surface area (Å²) >= 11 is 0.967. The maximum absolute atomic E-state index is 13.2. The van der Waals surface area contributed by atoms with Crippen molar-refractivity contribution in [2.24, 2.45) is 0 Å². The summed E-state index contributed by atoms with van der Waals surface area (Å²) in [4.78, 5) is 25.9. The molecule has 0 atom stereocenters. The van der Waals surface area contributed by atoms with Crippen LogP contribution in [0.3, 0.4) is 0 Å². The third kappa shape index (κ3) is 3.11. The summed E-state index contributed by atoms with van der Waals surface area (Å²) in [6.45, 7) is 1.68. The number of hydrogen-bond donors (Lipinski definition) is 1. The molecule has 2 heterocycles. The standard InChI is InChI=1S/C19H12FN3O3S/c1-10-18(27-23-22-10)19(25)21-15-13-4-2-3-5-14(13)26-17(15)16(24)11-6-8-12(20)9-7-11/h2-9H,1H3,(H,21,25). The zero-order valence-corrected chi connectivity index (χ0v) is 14.8. The highest BCUT2D eigenvalue weighted by Gasteiger charge is 2.25. The number of furan rings is 1. The van der Waals surface area contributed by atoms with Crippen molar-refractivity contribution >= 4 is 39.9 Å². The Hall–Kier alpha value is -3.39. The van der Waals surface area contributed by atoms with Gasteiger partial charge in [-0.25, -0.2) is 4.39 Å². The van der Waals surface area contributed by atoms with Gasteiger partial charge in [-0.1, -0.05) is 16.6 Å². The average molecular weight is 381 g/mol. The molecule has 0 radical (unpaired) electrons. The van der Waals surface area contributed by atoms with Crippen LogP contribution in [0.1, 0.15) is 31.5 Å². The molecular formula is C19H12FN3O3S. The van der Waals surface area contributed by atoms with Gasteiger partial charge >= 0.3 is 0 Å². The van der Waals surface area contributed by atoms with Crippen molar-refractivity contribution in [1.82, 2.24) is 9.59 Å². The van der Waals surface area contributed by atoms with E-state index in [1.54, 1.807) is 31.2 Å². The molecule has 8 heteroatoms. The van der Waals surface area contributed by atoms with Crippen LogP contribution >= 0.6 is 11.5 Å². The fourth-order valence-electron chi connectivity index (χ4n) is 2.67. The Balaban J connectivity index is 1.80.